The molecule has 0 aliphatic rings. The summed E-state index contributed by atoms with van der Waals surface area (Å²) in [4.78, 5) is 32.3. The van der Waals surface area contributed by atoms with Gasteiger partial charge in [-0.05, 0) is 19.1 Å². The third kappa shape index (κ3) is 2.91. The number of amides is 2. The standard InChI is InChI=1S/C10H10N2O3/c1-6-2-4-7(5-3-6)12-10(15)8(13)9(11)14/h2-5H,1H3,(H2,11,14)(H,12,15). The van der Waals surface area contributed by atoms with E-state index in [4.69, 9.17) is 0 Å². The van der Waals surface area contributed by atoms with E-state index in [0.29, 0.717) is 5.69 Å². The summed E-state index contributed by atoms with van der Waals surface area (Å²) < 4.78 is 0. The Balaban J connectivity index is 2.71. The van der Waals surface area contributed by atoms with Gasteiger partial charge in [-0.3, -0.25) is 14.4 Å². The van der Waals surface area contributed by atoms with Crippen molar-refractivity contribution in [1.82, 2.24) is 0 Å². The second kappa shape index (κ2) is 4.36. The van der Waals surface area contributed by atoms with Gasteiger partial charge in [-0.25, -0.2) is 0 Å². The van der Waals surface area contributed by atoms with E-state index >= 15 is 0 Å². The van der Waals surface area contributed by atoms with Crippen molar-refractivity contribution in [1.29, 1.82) is 0 Å². The van der Waals surface area contributed by atoms with Gasteiger partial charge in [0.2, 0.25) is 0 Å². The predicted octanol–water partition coefficient (Wildman–Crippen LogP) is -0.0121. The third-order valence-corrected chi connectivity index (χ3v) is 1.74. The van der Waals surface area contributed by atoms with Gasteiger partial charge in [0, 0.05) is 5.69 Å². The van der Waals surface area contributed by atoms with E-state index in [2.05, 4.69) is 11.1 Å². The van der Waals surface area contributed by atoms with Crippen LogP contribution < -0.4 is 11.1 Å². The Morgan fingerprint density at radius 2 is 1.67 bits per heavy atom. The number of ketones is 1. The van der Waals surface area contributed by atoms with Crippen LogP contribution in [0.4, 0.5) is 5.69 Å². The molecule has 3 N–H and O–H groups in total. The quantitative estimate of drug-likeness (QED) is 0.538. The van der Waals surface area contributed by atoms with Crippen molar-refractivity contribution in [2.75, 3.05) is 5.32 Å². The van der Waals surface area contributed by atoms with Gasteiger partial charge >= 0.3 is 11.7 Å². The Labute approximate surface area is 86.3 Å². The normalized spacial score (nSPS) is 9.40. The molecule has 0 unspecified atom stereocenters. The average molecular weight is 206 g/mol. The van der Waals surface area contributed by atoms with Crippen molar-refractivity contribution in [3.63, 3.8) is 0 Å². The minimum absolute atomic E-state index is 0.445. The van der Waals surface area contributed by atoms with Gasteiger partial charge in [0.05, 0.1) is 0 Å². The summed E-state index contributed by atoms with van der Waals surface area (Å²) in [5, 5.41) is 2.26. The number of anilines is 1. The lowest BCUT2D eigenvalue weighted by Crippen LogP contribution is -2.34. The maximum Gasteiger partial charge on any atom is 0.307 e. The molecule has 5 nitrogen and oxygen atoms in total. The SMILES string of the molecule is Cc1ccc(NC(=O)C(=O)C(N)=O)cc1. The average Bonchev–Trinajstić information content (AvgIpc) is 2.20. The molecular formula is C10H10N2O3. The van der Waals surface area contributed by atoms with E-state index in [-0.39, 0.29) is 0 Å². The Hall–Kier alpha value is -2.17. The van der Waals surface area contributed by atoms with Gasteiger partial charge < -0.3 is 11.1 Å². The first kappa shape index (κ1) is 10.9. The number of nitrogens with two attached hydrogens (primary N) is 1. The molecule has 1 aromatic rings. The lowest BCUT2D eigenvalue weighted by Gasteiger charge is -2.02. The molecular weight excluding hydrogens is 196 g/mol. The van der Waals surface area contributed by atoms with Crippen LogP contribution in [0.2, 0.25) is 0 Å². The maximum absolute atomic E-state index is 11.1. The van der Waals surface area contributed by atoms with Crippen molar-refractivity contribution < 1.29 is 14.4 Å². The zero-order valence-electron chi connectivity index (χ0n) is 8.11. The summed E-state index contributed by atoms with van der Waals surface area (Å²) in [7, 11) is 0. The highest BCUT2D eigenvalue weighted by Gasteiger charge is 2.19. The fourth-order valence-corrected chi connectivity index (χ4v) is 0.937. The van der Waals surface area contributed by atoms with Gasteiger partial charge in [0.15, 0.2) is 0 Å². The van der Waals surface area contributed by atoms with Crippen molar-refractivity contribution in [3.05, 3.63) is 29.8 Å². The fraction of sp³-hybridized carbons (Fsp3) is 0.100. The molecule has 2 amide bonds. The summed E-state index contributed by atoms with van der Waals surface area (Å²) >= 11 is 0. The van der Waals surface area contributed by atoms with E-state index in [9.17, 15) is 14.4 Å². The molecule has 0 bridgehead atoms. The van der Waals surface area contributed by atoms with Crippen molar-refractivity contribution >= 4 is 23.3 Å². The topological polar surface area (TPSA) is 89.3 Å². The van der Waals surface area contributed by atoms with E-state index in [1.165, 1.54) is 0 Å². The van der Waals surface area contributed by atoms with E-state index in [0.717, 1.165) is 5.56 Å². The number of rotatable bonds is 3. The minimum Gasteiger partial charge on any atom is -0.363 e. The molecule has 1 aromatic carbocycles. The molecule has 0 fully saturated rings. The number of aryl methyl sites for hydroxylation is 1. The van der Waals surface area contributed by atoms with Crippen molar-refractivity contribution in [2.24, 2.45) is 5.73 Å². The number of nitrogens with one attached hydrogen (secondary N) is 1. The number of hydrogen-bond donors (Lipinski definition) is 2. The lowest BCUT2D eigenvalue weighted by molar-refractivity contribution is -0.142. The Bertz CT molecular complexity index is 409. The molecule has 0 saturated carbocycles. The van der Waals surface area contributed by atoms with Crippen molar-refractivity contribution in [2.45, 2.75) is 6.92 Å². The predicted molar refractivity (Wildman–Crippen MR) is 54.0 cm³/mol. The highest BCUT2D eigenvalue weighted by molar-refractivity contribution is 6.64. The summed E-state index contributed by atoms with van der Waals surface area (Å²) in [5.41, 5.74) is 6.13. The number of hydrogen-bond acceptors (Lipinski definition) is 3. The van der Waals surface area contributed by atoms with E-state index in [1.807, 2.05) is 6.92 Å². The molecule has 0 aromatic heterocycles. The Morgan fingerprint density at radius 1 is 1.13 bits per heavy atom. The van der Waals surface area contributed by atoms with Crippen LogP contribution in [0.25, 0.3) is 0 Å². The molecule has 5 heteroatoms. The molecule has 0 atom stereocenters. The smallest absolute Gasteiger partial charge is 0.307 e. The summed E-state index contributed by atoms with van der Waals surface area (Å²) in [6.45, 7) is 1.89. The van der Waals surface area contributed by atoms with Crippen LogP contribution in [0.3, 0.4) is 0 Å². The molecule has 0 saturated heterocycles. The van der Waals surface area contributed by atoms with Gasteiger partial charge in [0.1, 0.15) is 0 Å². The molecule has 0 heterocycles. The molecule has 0 aliphatic heterocycles. The van der Waals surface area contributed by atoms with Crippen LogP contribution in [-0.4, -0.2) is 17.6 Å². The molecule has 0 radical (unpaired) electrons. The summed E-state index contributed by atoms with van der Waals surface area (Å²) in [5.74, 6) is -3.54. The van der Waals surface area contributed by atoms with Crippen LogP contribution in [0, 0.1) is 6.92 Å². The van der Waals surface area contributed by atoms with Crippen LogP contribution in [0.15, 0.2) is 24.3 Å². The van der Waals surface area contributed by atoms with Gasteiger partial charge in [-0.1, -0.05) is 17.7 Å². The highest BCUT2D eigenvalue weighted by Crippen LogP contribution is 2.08. The minimum atomic E-state index is -1.26. The summed E-state index contributed by atoms with van der Waals surface area (Å²) in [6.07, 6.45) is 0. The lowest BCUT2D eigenvalue weighted by atomic mass is 10.2. The number of Topliss-reactive ketones (excluding diaryl/α,β-unsaturated/α-hetero) is 1. The fourth-order valence-electron chi connectivity index (χ4n) is 0.937. The van der Waals surface area contributed by atoms with Gasteiger partial charge in [0.25, 0.3) is 5.91 Å². The van der Waals surface area contributed by atoms with Crippen molar-refractivity contribution in [3.8, 4) is 0 Å². The van der Waals surface area contributed by atoms with E-state index < -0.39 is 17.6 Å². The monoisotopic (exact) mass is 206 g/mol. The maximum atomic E-state index is 11.1. The van der Waals surface area contributed by atoms with Crippen LogP contribution in [0.5, 0.6) is 0 Å². The molecule has 0 spiro atoms. The molecule has 15 heavy (non-hydrogen) atoms. The first-order valence-corrected chi connectivity index (χ1v) is 4.22. The van der Waals surface area contributed by atoms with Gasteiger partial charge in [-0.15, -0.1) is 0 Å². The van der Waals surface area contributed by atoms with Crippen LogP contribution in [0.1, 0.15) is 5.56 Å². The highest BCUT2D eigenvalue weighted by atomic mass is 16.2. The van der Waals surface area contributed by atoms with Gasteiger partial charge in [-0.2, -0.15) is 0 Å². The second-order valence-electron chi connectivity index (χ2n) is 3.01. The van der Waals surface area contributed by atoms with Crippen LogP contribution in [-0.2, 0) is 14.4 Å². The first-order valence-electron chi connectivity index (χ1n) is 4.22. The number of carbonyl (C=O) groups is 3. The van der Waals surface area contributed by atoms with Crippen LogP contribution >= 0.6 is 0 Å². The Morgan fingerprint density at radius 3 is 2.13 bits per heavy atom. The number of benzene rings is 1. The molecule has 1 rings (SSSR count). The summed E-state index contributed by atoms with van der Waals surface area (Å²) in [6, 6.07) is 6.79. The number of carbonyl (C=O) groups excluding carboxylic acids is 3. The first-order chi connectivity index (χ1) is 7.00. The Kier molecular flexibility index (Phi) is 3.17. The second-order valence-corrected chi connectivity index (χ2v) is 3.01. The molecule has 78 valence electrons. The third-order valence-electron chi connectivity index (χ3n) is 1.74. The molecule has 0 aliphatic carbocycles. The zero-order valence-corrected chi connectivity index (χ0v) is 8.11. The largest absolute Gasteiger partial charge is 0.363 e. The van der Waals surface area contributed by atoms with E-state index in [1.54, 1.807) is 24.3 Å². The zero-order chi connectivity index (χ0) is 11.4. The number of primary amides is 1.